The largest absolute Gasteiger partial charge is 0.478 e. The van der Waals surface area contributed by atoms with Crippen LogP contribution in [0.4, 0.5) is 5.82 Å². The SMILES string of the molecule is C[C@@H](Nc1nnc(-c2ccccc2)c2ccccc12)C1CCCCC1.O=C(O)/C=C\C(=O)O. The molecule has 1 heterocycles. The number of nitrogens with one attached hydrogen (secondary N) is 1. The van der Waals surface area contributed by atoms with Crippen molar-refractivity contribution in [2.45, 2.75) is 45.1 Å². The lowest BCUT2D eigenvalue weighted by Crippen LogP contribution is -2.28. The first kappa shape index (κ1) is 23.9. The molecule has 0 amide bonds. The molecule has 0 radical (unpaired) electrons. The quantitative estimate of drug-likeness (QED) is 0.434. The number of carbonyl (C=O) groups is 2. The smallest absolute Gasteiger partial charge is 0.328 e. The Hall–Kier alpha value is -3.74. The second-order valence-corrected chi connectivity index (χ2v) is 8.15. The number of rotatable bonds is 6. The number of fused-ring (bicyclic) bond motifs is 1. The summed E-state index contributed by atoms with van der Waals surface area (Å²) in [7, 11) is 0. The van der Waals surface area contributed by atoms with Gasteiger partial charge >= 0.3 is 11.9 Å². The van der Waals surface area contributed by atoms with Gasteiger partial charge in [-0.15, -0.1) is 10.2 Å². The number of hydrogen-bond donors (Lipinski definition) is 3. The van der Waals surface area contributed by atoms with E-state index in [-0.39, 0.29) is 0 Å². The number of carboxylic acid groups (broad SMARTS) is 2. The third-order valence-electron chi connectivity index (χ3n) is 5.82. The van der Waals surface area contributed by atoms with E-state index >= 15 is 0 Å². The molecule has 33 heavy (non-hydrogen) atoms. The molecular formula is C26H29N3O4. The van der Waals surface area contributed by atoms with Gasteiger partial charge in [-0.3, -0.25) is 0 Å². The van der Waals surface area contributed by atoms with Gasteiger partial charge in [0.05, 0.1) is 0 Å². The van der Waals surface area contributed by atoms with E-state index < -0.39 is 11.9 Å². The fraction of sp³-hybridized carbons (Fsp3) is 0.308. The Bertz CT molecular complexity index is 1090. The zero-order valence-corrected chi connectivity index (χ0v) is 18.6. The van der Waals surface area contributed by atoms with Gasteiger partial charge in [0.25, 0.3) is 0 Å². The fourth-order valence-electron chi connectivity index (χ4n) is 4.13. The lowest BCUT2D eigenvalue weighted by atomic mass is 9.84. The van der Waals surface area contributed by atoms with Gasteiger partial charge in [0.15, 0.2) is 5.82 Å². The van der Waals surface area contributed by atoms with Crippen molar-refractivity contribution in [2.24, 2.45) is 5.92 Å². The molecule has 3 aromatic rings. The molecule has 0 spiro atoms. The predicted octanol–water partition coefficient (Wildman–Crippen LogP) is 5.39. The number of nitrogens with zero attached hydrogens (tertiary/aromatic N) is 2. The van der Waals surface area contributed by atoms with Gasteiger partial charge in [0.2, 0.25) is 0 Å². The van der Waals surface area contributed by atoms with Crippen LogP contribution in [0.3, 0.4) is 0 Å². The molecule has 7 nitrogen and oxygen atoms in total. The summed E-state index contributed by atoms with van der Waals surface area (Å²) in [4.78, 5) is 19.1. The number of hydrogen-bond acceptors (Lipinski definition) is 5. The average Bonchev–Trinajstić information content (AvgIpc) is 2.84. The molecule has 3 N–H and O–H groups in total. The minimum Gasteiger partial charge on any atom is -0.478 e. The first-order valence-electron chi connectivity index (χ1n) is 11.2. The summed E-state index contributed by atoms with van der Waals surface area (Å²) in [6, 6.07) is 19.2. The summed E-state index contributed by atoms with van der Waals surface area (Å²) in [5, 5.41) is 30.7. The molecule has 0 aliphatic heterocycles. The number of carboxylic acids is 2. The number of anilines is 1. The average molecular weight is 448 g/mol. The van der Waals surface area contributed by atoms with Gasteiger partial charge in [-0.25, -0.2) is 9.59 Å². The first-order valence-corrected chi connectivity index (χ1v) is 11.2. The maximum atomic E-state index is 9.55. The standard InChI is InChI=1S/C22H25N3.C4H4O4/c1-16(17-10-4-2-5-11-17)23-22-20-15-9-8-14-19(20)21(24-25-22)18-12-6-3-7-13-18;5-3(6)1-2-4(7)8/h3,6-9,12-17H,2,4-5,10-11H2,1H3,(H,23,25);1-2H,(H,5,6)(H,7,8)/b;2-1-/t16-;/m1./s1. The molecule has 1 aliphatic carbocycles. The molecule has 0 unspecified atom stereocenters. The van der Waals surface area contributed by atoms with E-state index in [9.17, 15) is 9.59 Å². The molecule has 1 aliphatic rings. The Kier molecular flexibility index (Phi) is 8.52. The lowest BCUT2D eigenvalue weighted by Gasteiger charge is -2.28. The Morgan fingerprint density at radius 2 is 1.45 bits per heavy atom. The molecule has 1 aromatic heterocycles. The van der Waals surface area contributed by atoms with Crippen LogP contribution >= 0.6 is 0 Å². The van der Waals surface area contributed by atoms with E-state index in [0.29, 0.717) is 18.2 Å². The number of benzene rings is 2. The van der Waals surface area contributed by atoms with Crippen LogP contribution in [0, 0.1) is 5.92 Å². The van der Waals surface area contributed by atoms with Gasteiger partial charge in [0.1, 0.15) is 5.69 Å². The topological polar surface area (TPSA) is 112 Å². The summed E-state index contributed by atoms with van der Waals surface area (Å²) in [6.07, 6.45) is 7.86. The van der Waals surface area contributed by atoms with E-state index in [0.717, 1.165) is 33.8 Å². The highest BCUT2D eigenvalue weighted by molar-refractivity contribution is 6.00. The molecule has 4 rings (SSSR count). The third kappa shape index (κ3) is 6.87. The second kappa shape index (κ2) is 11.8. The van der Waals surface area contributed by atoms with Gasteiger partial charge in [0, 0.05) is 34.5 Å². The Morgan fingerprint density at radius 3 is 2.06 bits per heavy atom. The van der Waals surface area contributed by atoms with Crippen molar-refractivity contribution < 1.29 is 19.8 Å². The normalized spacial score (nSPS) is 14.9. The number of aliphatic carboxylic acids is 2. The fourth-order valence-corrected chi connectivity index (χ4v) is 4.13. The Labute approximate surface area is 193 Å². The second-order valence-electron chi connectivity index (χ2n) is 8.15. The van der Waals surface area contributed by atoms with Crippen molar-refractivity contribution in [1.82, 2.24) is 10.2 Å². The highest BCUT2D eigenvalue weighted by Crippen LogP contribution is 2.32. The van der Waals surface area contributed by atoms with Gasteiger partial charge in [-0.2, -0.15) is 0 Å². The Morgan fingerprint density at radius 1 is 0.879 bits per heavy atom. The molecule has 2 aromatic carbocycles. The van der Waals surface area contributed by atoms with Crippen LogP contribution in [-0.4, -0.2) is 38.4 Å². The molecule has 172 valence electrons. The molecule has 0 saturated heterocycles. The summed E-state index contributed by atoms with van der Waals surface area (Å²) in [5.41, 5.74) is 2.06. The summed E-state index contributed by atoms with van der Waals surface area (Å²) in [5.74, 6) is -0.865. The third-order valence-corrected chi connectivity index (χ3v) is 5.82. The minimum atomic E-state index is -1.26. The maximum Gasteiger partial charge on any atom is 0.328 e. The Balaban J connectivity index is 0.000000331. The maximum absolute atomic E-state index is 9.55. The van der Waals surface area contributed by atoms with Crippen molar-refractivity contribution in [3.05, 3.63) is 66.7 Å². The van der Waals surface area contributed by atoms with E-state index in [2.05, 4.69) is 58.8 Å². The molecule has 7 heteroatoms. The van der Waals surface area contributed by atoms with Crippen molar-refractivity contribution >= 4 is 28.5 Å². The van der Waals surface area contributed by atoms with Crippen LogP contribution in [-0.2, 0) is 9.59 Å². The van der Waals surface area contributed by atoms with Crippen LogP contribution < -0.4 is 5.32 Å². The monoisotopic (exact) mass is 447 g/mol. The van der Waals surface area contributed by atoms with Crippen LogP contribution in [0.5, 0.6) is 0 Å². The van der Waals surface area contributed by atoms with E-state index in [1.165, 1.54) is 32.1 Å². The molecule has 1 atom stereocenters. The lowest BCUT2D eigenvalue weighted by molar-refractivity contribution is -0.134. The molecular weight excluding hydrogens is 418 g/mol. The van der Waals surface area contributed by atoms with Crippen LogP contribution in [0.15, 0.2) is 66.7 Å². The highest BCUT2D eigenvalue weighted by atomic mass is 16.4. The summed E-state index contributed by atoms with van der Waals surface area (Å²) in [6.45, 7) is 2.29. The van der Waals surface area contributed by atoms with Gasteiger partial charge in [-0.05, 0) is 25.7 Å². The summed E-state index contributed by atoms with van der Waals surface area (Å²) >= 11 is 0. The number of aromatic nitrogens is 2. The van der Waals surface area contributed by atoms with E-state index in [4.69, 9.17) is 10.2 Å². The molecule has 0 bridgehead atoms. The summed E-state index contributed by atoms with van der Waals surface area (Å²) < 4.78 is 0. The van der Waals surface area contributed by atoms with Crippen LogP contribution in [0.25, 0.3) is 22.0 Å². The zero-order chi connectivity index (χ0) is 23.6. The van der Waals surface area contributed by atoms with Crippen molar-refractivity contribution in [3.63, 3.8) is 0 Å². The van der Waals surface area contributed by atoms with Crippen molar-refractivity contribution in [2.75, 3.05) is 5.32 Å². The van der Waals surface area contributed by atoms with Gasteiger partial charge in [-0.1, -0.05) is 73.9 Å². The highest BCUT2D eigenvalue weighted by Gasteiger charge is 2.21. The van der Waals surface area contributed by atoms with Crippen LogP contribution in [0.2, 0.25) is 0 Å². The minimum absolute atomic E-state index is 0.431. The molecule has 1 saturated carbocycles. The molecule has 1 fully saturated rings. The predicted molar refractivity (Wildman–Crippen MR) is 129 cm³/mol. The van der Waals surface area contributed by atoms with E-state index in [1.807, 2.05) is 18.2 Å². The van der Waals surface area contributed by atoms with Crippen molar-refractivity contribution in [1.29, 1.82) is 0 Å². The van der Waals surface area contributed by atoms with E-state index in [1.54, 1.807) is 0 Å². The van der Waals surface area contributed by atoms with Crippen LogP contribution in [0.1, 0.15) is 39.0 Å². The first-order chi connectivity index (χ1) is 16.0. The van der Waals surface area contributed by atoms with Gasteiger partial charge < -0.3 is 15.5 Å². The zero-order valence-electron chi connectivity index (χ0n) is 18.6. The van der Waals surface area contributed by atoms with Crippen molar-refractivity contribution in [3.8, 4) is 11.3 Å².